The van der Waals surface area contributed by atoms with Crippen molar-refractivity contribution in [2.24, 2.45) is 15.2 Å². The summed E-state index contributed by atoms with van der Waals surface area (Å²) in [6.45, 7) is 0. The first-order valence-electron chi connectivity index (χ1n) is 20.0. The van der Waals surface area contributed by atoms with Crippen molar-refractivity contribution in [2.45, 2.75) is 25.7 Å². The van der Waals surface area contributed by atoms with Crippen LogP contribution >= 0.6 is 23.2 Å². The normalized spacial score (nSPS) is 14.4. The lowest BCUT2D eigenvalue weighted by Gasteiger charge is -2.19. The number of hydrazine groups is 1. The highest BCUT2D eigenvalue weighted by atomic mass is 35.5. The Morgan fingerprint density at radius 3 is 1.70 bits per heavy atom. The molecule has 7 rings (SSSR count). The van der Waals surface area contributed by atoms with Crippen LogP contribution in [0, 0.1) is 0 Å². The first-order chi connectivity index (χ1) is 35.8. The van der Waals surface area contributed by atoms with E-state index in [4.69, 9.17) is 23.2 Å². The van der Waals surface area contributed by atoms with Crippen LogP contribution < -0.4 is 26.8 Å². The number of aromatic carboxylic acids is 1. The van der Waals surface area contributed by atoms with Gasteiger partial charge >= 0.3 is 5.97 Å². The number of carboxylic acid groups (broad SMARTS) is 1. The van der Waals surface area contributed by atoms with Crippen molar-refractivity contribution in [3.8, 4) is 0 Å². The summed E-state index contributed by atoms with van der Waals surface area (Å²) in [7, 11) is -25.5. The van der Waals surface area contributed by atoms with E-state index >= 15 is 0 Å². The van der Waals surface area contributed by atoms with Crippen LogP contribution in [0.15, 0.2) is 142 Å². The smallest absolute Gasteiger partial charge is 0.338 e. The van der Waals surface area contributed by atoms with Gasteiger partial charge in [-0.3, -0.25) is 27.6 Å². The maximum Gasteiger partial charge on any atom is 0.338 e. The van der Waals surface area contributed by atoms with Crippen molar-refractivity contribution < 1.29 is 79.5 Å². The number of nitrogens with zero attached hydrogens (tertiary/aromatic N) is 9. The summed E-state index contributed by atoms with van der Waals surface area (Å²) >= 11 is 12.1. The van der Waals surface area contributed by atoms with Crippen molar-refractivity contribution in [3.63, 3.8) is 0 Å². The molecule has 0 bridgehead atoms. The molecular weight excluding hydrogens is 1170 g/mol. The average Bonchev–Trinajstić information content (AvgIpc) is 3.32. The van der Waals surface area contributed by atoms with Gasteiger partial charge in [-0.1, -0.05) is 36.4 Å². The summed E-state index contributed by atoms with van der Waals surface area (Å²) in [6.07, 6.45) is -0.170. The van der Waals surface area contributed by atoms with Crippen molar-refractivity contribution in [1.82, 2.24) is 40.8 Å². The molecule has 402 valence electrons. The highest BCUT2D eigenvalue weighted by molar-refractivity contribution is 7.90. The van der Waals surface area contributed by atoms with Gasteiger partial charge in [0.1, 0.15) is 21.2 Å². The summed E-state index contributed by atoms with van der Waals surface area (Å²) in [5.41, 5.74) is 0.848. The van der Waals surface area contributed by atoms with Gasteiger partial charge in [0.05, 0.1) is 37.3 Å². The van der Waals surface area contributed by atoms with E-state index in [1.54, 1.807) is 18.2 Å². The van der Waals surface area contributed by atoms with E-state index in [-0.39, 0.29) is 11.3 Å². The Hall–Kier alpha value is -7.92. The van der Waals surface area contributed by atoms with Crippen LogP contribution in [0.5, 0.6) is 0 Å². The highest BCUT2D eigenvalue weighted by Crippen LogP contribution is 2.35. The Balaban J connectivity index is 1.20. The van der Waals surface area contributed by atoms with E-state index in [0.29, 0.717) is 30.4 Å². The van der Waals surface area contributed by atoms with E-state index in [0.717, 1.165) is 24.3 Å². The number of hydrogen-bond acceptors (Lipinski definition) is 26. The lowest BCUT2D eigenvalue weighted by Crippen LogP contribution is -2.39. The van der Waals surface area contributed by atoms with Gasteiger partial charge in [-0.2, -0.15) is 82.2 Å². The number of benzene rings is 4. The molecule has 6 aromatic rings. The number of aliphatic imine (C=N–C) groups is 1. The second kappa shape index (κ2) is 22.0. The quantitative estimate of drug-likeness (QED) is 0.0235. The first kappa shape index (κ1) is 56.8. The minimum atomic E-state index is -5.43. The number of ketones is 1. The Kier molecular flexibility index (Phi) is 16.2. The Labute approximate surface area is 441 Å². The van der Waals surface area contributed by atoms with Crippen LogP contribution in [0.1, 0.15) is 22.1 Å². The molecule has 2 heterocycles. The van der Waals surface area contributed by atoms with Gasteiger partial charge in [0.15, 0.2) is 6.17 Å². The predicted molar refractivity (Wildman–Crippen MR) is 265 cm³/mol. The van der Waals surface area contributed by atoms with Crippen molar-refractivity contribution in [1.29, 1.82) is 0 Å². The van der Waals surface area contributed by atoms with Gasteiger partial charge in [-0.05, 0) is 89.4 Å². The van der Waals surface area contributed by atoms with Crippen LogP contribution in [0.4, 0.5) is 46.5 Å². The van der Waals surface area contributed by atoms with E-state index in [1.807, 2.05) is 0 Å². The molecule has 1 unspecified atom stereocenters. The van der Waals surface area contributed by atoms with Crippen molar-refractivity contribution >= 4 is 138 Å². The highest BCUT2D eigenvalue weighted by Gasteiger charge is 2.29. The number of aromatic nitrogens is 6. The zero-order chi connectivity index (χ0) is 56.4. The Morgan fingerprint density at radius 1 is 0.584 bits per heavy atom. The van der Waals surface area contributed by atoms with E-state index in [9.17, 15) is 79.5 Å². The second-order valence-electron chi connectivity index (χ2n) is 14.8. The molecule has 0 fully saturated rings. The van der Waals surface area contributed by atoms with Crippen LogP contribution in [0.2, 0.25) is 10.6 Å². The monoisotopic (exact) mass is 1200 g/mol. The largest absolute Gasteiger partial charge is 0.478 e. The second-order valence-corrected chi connectivity index (χ2v) is 22.5. The number of allylic oxidation sites excluding steroid dienone is 3. The van der Waals surface area contributed by atoms with Gasteiger partial charge in [-0.15, -0.1) is 0 Å². The molecule has 1 aliphatic carbocycles. The number of anilines is 6. The number of hydrogen-bond donors (Lipinski definition) is 11. The average molecular weight is 1200 g/mol. The zero-order valence-electron chi connectivity index (χ0n) is 37.2. The van der Waals surface area contributed by atoms with Gasteiger partial charge in [-0.25, -0.2) is 15.2 Å². The third-order valence-corrected chi connectivity index (χ3v) is 14.2. The molecule has 32 nitrogen and oxygen atoms in total. The molecule has 1 atom stereocenters. The number of Topliss-reactive ketones (excluding diaryl/α,β-unsaturated/α-hetero) is 1. The molecule has 4 aromatic carbocycles. The van der Waals surface area contributed by atoms with E-state index in [2.05, 4.69) is 71.9 Å². The van der Waals surface area contributed by atoms with Crippen molar-refractivity contribution in [2.75, 3.05) is 16.0 Å². The SMILES string of the molecule is O=C1C(NNC(N=Nc2ccc(S(=O)(=O)O)cc2C(=O)O)c2ccccc2)=CC(S(=O)(=O)O)=C/C1=N\c1nc(Cl)nc(Nc2cc(S(=O)(=O)O)c(Nc3nc(Cl)nc(Nc4cccc(S(=O)(=O)O)c4)n3)cc2S(=O)(=O)O)n1. The van der Waals surface area contributed by atoms with Gasteiger partial charge in [0, 0.05) is 5.69 Å². The van der Waals surface area contributed by atoms with Crippen LogP contribution in [-0.4, -0.2) is 117 Å². The molecule has 0 spiro atoms. The summed E-state index contributed by atoms with van der Waals surface area (Å²) in [5.74, 6) is -5.59. The lowest BCUT2D eigenvalue weighted by molar-refractivity contribution is -0.110. The summed E-state index contributed by atoms with van der Waals surface area (Å²) < 4.78 is 172. The van der Waals surface area contributed by atoms with Crippen LogP contribution in [-0.2, 0) is 55.4 Å². The van der Waals surface area contributed by atoms with Gasteiger partial charge in [0.2, 0.25) is 34.2 Å². The maximum atomic E-state index is 13.9. The van der Waals surface area contributed by atoms with Gasteiger partial charge in [0.25, 0.3) is 56.5 Å². The Morgan fingerprint density at radius 2 is 1.14 bits per heavy atom. The number of azo groups is 1. The molecule has 2 aromatic heterocycles. The van der Waals surface area contributed by atoms with Crippen LogP contribution in [0.3, 0.4) is 0 Å². The molecule has 77 heavy (non-hydrogen) atoms. The number of carbonyl (C=O) groups excluding carboxylic acids is 1. The number of nitrogens with one attached hydrogen (secondary N) is 5. The minimum Gasteiger partial charge on any atom is -0.478 e. The third kappa shape index (κ3) is 14.5. The predicted octanol–water partition coefficient (Wildman–Crippen LogP) is 4.17. The van der Waals surface area contributed by atoms with E-state index in [1.165, 1.54) is 24.3 Å². The summed E-state index contributed by atoms with van der Waals surface area (Å²) in [4.78, 5) is 48.0. The summed E-state index contributed by atoms with van der Waals surface area (Å²) in [6, 6.07) is 15.5. The molecule has 0 amide bonds. The Bertz CT molecular complexity index is 4160. The fourth-order valence-electron chi connectivity index (χ4n) is 6.23. The van der Waals surface area contributed by atoms with Crippen LogP contribution in [0.25, 0.3) is 0 Å². The molecule has 39 heteroatoms. The number of carbonyl (C=O) groups is 2. The fourth-order valence-corrected chi connectivity index (χ4v) is 9.41. The standard InChI is InChI=1S/C38H28Cl2N14O18S5/c39-33-45-35(41-18-7-4-8-19(11-18)73(58,59)60)49-36(46-33)42-24-15-29(77(70,71)72)25(16-28(24)76(67,68)69)43-37-47-34(40)48-38(50-37)44-26-13-21(75(64,65)66)14-27(30(26)55)52-54-31(17-5-2-1-3-6-17)53-51-23-10-9-20(74(61,62)63)12-22(23)32(56)57/h1-16,31,52,54H,(H,56,57)(H,58,59,60)(H,61,62,63)(H,64,65,66)(H,67,68,69)(H,70,71,72)(H,43,47,48,50)(H2,41,42,45,46,49)/b44-26+,53-51?. The molecule has 11 N–H and O–H groups in total. The molecule has 1 aliphatic rings. The third-order valence-electron chi connectivity index (χ3n) is 9.52. The maximum absolute atomic E-state index is 13.9. The first-order valence-corrected chi connectivity index (χ1v) is 28.0. The lowest BCUT2D eigenvalue weighted by atomic mass is 10.1. The minimum absolute atomic E-state index is 0.0235. The van der Waals surface area contributed by atoms with E-state index < -0.39 is 161 Å². The van der Waals surface area contributed by atoms with Crippen molar-refractivity contribution in [3.05, 3.63) is 129 Å². The number of rotatable bonds is 19. The zero-order valence-corrected chi connectivity index (χ0v) is 42.8. The summed E-state index contributed by atoms with van der Waals surface area (Å²) in [5, 5.41) is 23.4. The molecule has 0 saturated carbocycles. The molecule has 0 radical (unpaired) electrons. The molecular formula is C38H28Cl2N14O18S5. The van der Waals surface area contributed by atoms with Gasteiger partial charge < -0.3 is 26.5 Å². The fraction of sp³-hybridized carbons (Fsp3) is 0.0263. The molecule has 0 aliphatic heterocycles. The molecule has 0 saturated heterocycles. The number of halogens is 2. The number of carboxylic acids is 1. The topological polar surface area (TPSA) is 501 Å².